The lowest BCUT2D eigenvalue weighted by molar-refractivity contribution is -0.116. The molecule has 0 unspecified atom stereocenters. The van der Waals surface area contributed by atoms with Gasteiger partial charge in [-0.05, 0) is 60.1 Å². The number of fused-ring (bicyclic) bond motifs is 1. The normalized spacial score (nSPS) is 10.4. The number of carbonyl (C=O) groups excluding carboxylic acids is 1. The fourth-order valence-corrected chi connectivity index (χ4v) is 2.64. The van der Waals surface area contributed by atoms with Crippen LogP contribution in [0.25, 0.3) is 10.9 Å². The van der Waals surface area contributed by atoms with Crippen LogP contribution < -0.4 is 5.32 Å². The second kappa shape index (κ2) is 7.38. The maximum Gasteiger partial charge on any atom is 0.224 e. The van der Waals surface area contributed by atoms with Crippen molar-refractivity contribution in [1.82, 2.24) is 4.98 Å². The second-order valence-electron chi connectivity index (χ2n) is 4.58. The molecule has 4 heteroatoms. The molecule has 0 saturated carbocycles. The van der Waals surface area contributed by atoms with Gasteiger partial charge in [-0.3, -0.25) is 9.78 Å². The number of unbranched alkanes of at least 4 members (excludes halogenated alkanes) is 2. The molecule has 1 N–H and O–H groups in total. The number of benzene rings is 1. The predicted octanol–water partition coefficient (Wildman–Crippen LogP) is 4.52. The number of hydrogen-bond acceptors (Lipinski definition) is 2. The fourth-order valence-electron chi connectivity index (χ4n) is 2.03. The van der Waals surface area contributed by atoms with E-state index in [1.165, 1.54) is 0 Å². The molecule has 0 bridgehead atoms. The van der Waals surface area contributed by atoms with Crippen molar-refractivity contribution in [3.05, 3.63) is 46.7 Å². The van der Waals surface area contributed by atoms with E-state index in [2.05, 4.69) is 39.5 Å². The van der Waals surface area contributed by atoms with Crippen LogP contribution in [0, 0.1) is 3.57 Å². The monoisotopic (exact) mass is 380 g/mol. The topological polar surface area (TPSA) is 42.0 Å². The zero-order chi connectivity index (χ0) is 14.4. The Balaban J connectivity index is 2.08. The summed E-state index contributed by atoms with van der Waals surface area (Å²) >= 11 is 2.28. The van der Waals surface area contributed by atoms with E-state index in [1.54, 1.807) is 6.20 Å². The summed E-state index contributed by atoms with van der Waals surface area (Å²) in [7, 11) is 0. The first-order valence-electron chi connectivity index (χ1n) is 6.66. The van der Waals surface area contributed by atoms with Crippen LogP contribution >= 0.6 is 22.6 Å². The first kappa shape index (κ1) is 15.0. The SMILES string of the molecule is C=CCCCCC(=O)Nc1ccc(I)c2cccnc12. The third-order valence-corrected chi connectivity index (χ3v) is 3.99. The minimum Gasteiger partial charge on any atom is -0.324 e. The first-order chi connectivity index (χ1) is 9.72. The summed E-state index contributed by atoms with van der Waals surface area (Å²) in [5.74, 6) is 0.0437. The van der Waals surface area contributed by atoms with Crippen LogP contribution in [-0.2, 0) is 4.79 Å². The second-order valence-corrected chi connectivity index (χ2v) is 5.74. The molecular formula is C16H17IN2O. The highest BCUT2D eigenvalue weighted by Gasteiger charge is 2.08. The van der Waals surface area contributed by atoms with Gasteiger partial charge in [-0.2, -0.15) is 0 Å². The largest absolute Gasteiger partial charge is 0.324 e. The van der Waals surface area contributed by atoms with E-state index >= 15 is 0 Å². The quantitative estimate of drug-likeness (QED) is 0.455. The Labute approximate surface area is 132 Å². The molecular weight excluding hydrogens is 363 g/mol. The van der Waals surface area contributed by atoms with Crippen molar-refractivity contribution in [3.8, 4) is 0 Å². The van der Waals surface area contributed by atoms with Gasteiger partial charge in [-0.25, -0.2) is 0 Å². The van der Waals surface area contributed by atoms with Crippen molar-refractivity contribution in [2.75, 3.05) is 5.32 Å². The van der Waals surface area contributed by atoms with Gasteiger partial charge in [-0.15, -0.1) is 6.58 Å². The van der Waals surface area contributed by atoms with Gasteiger partial charge < -0.3 is 5.32 Å². The summed E-state index contributed by atoms with van der Waals surface area (Å²) in [6, 6.07) is 7.84. The number of amides is 1. The maximum atomic E-state index is 11.9. The van der Waals surface area contributed by atoms with Crippen LogP contribution in [0.15, 0.2) is 43.1 Å². The van der Waals surface area contributed by atoms with Crippen molar-refractivity contribution >= 4 is 45.1 Å². The standard InChI is InChI=1S/C16H17IN2O/c1-2-3-4-5-8-15(20)19-14-10-9-13(17)12-7-6-11-18-16(12)14/h2,6-7,9-11H,1,3-5,8H2,(H,19,20). The van der Waals surface area contributed by atoms with Crippen LogP contribution in [-0.4, -0.2) is 10.9 Å². The third-order valence-electron chi connectivity index (χ3n) is 3.05. The molecule has 0 radical (unpaired) electrons. The van der Waals surface area contributed by atoms with Crippen LogP contribution in [0.3, 0.4) is 0 Å². The average molecular weight is 380 g/mol. The molecule has 1 heterocycles. The maximum absolute atomic E-state index is 11.9. The molecule has 2 aromatic rings. The van der Waals surface area contributed by atoms with Crippen LogP contribution in [0.5, 0.6) is 0 Å². The Kier molecular flexibility index (Phi) is 5.52. The van der Waals surface area contributed by atoms with E-state index in [0.29, 0.717) is 6.42 Å². The van der Waals surface area contributed by atoms with Gasteiger partial charge in [0.25, 0.3) is 0 Å². The summed E-state index contributed by atoms with van der Waals surface area (Å²) in [4.78, 5) is 16.3. The Morgan fingerprint density at radius 1 is 1.35 bits per heavy atom. The third kappa shape index (κ3) is 3.79. The number of rotatable bonds is 6. The van der Waals surface area contributed by atoms with Crippen molar-refractivity contribution in [1.29, 1.82) is 0 Å². The average Bonchev–Trinajstić information content (AvgIpc) is 2.47. The lowest BCUT2D eigenvalue weighted by atomic mass is 10.1. The van der Waals surface area contributed by atoms with E-state index in [-0.39, 0.29) is 5.91 Å². The zero-order valence-electron chi connectivity index (χ0n) is 11.2. The van der Waals surface area contributed by atoms with Gasteiger partial charge in [0.05, 0.1) is 11.2 Å². The number of allylic oxidation sites excluding steroid dienone is 1. The number of hydrogen-bond donors (Lipinski definition) is 1. The molecule has 20 heavy (non-hydrogen) atoms. The van der Waals surface area contributed by atoms with Crippen molar-refractivity contribution in [3.63, 3.8) is 0 Å². The van der Waals surface area contributed by atoms with Crippen molar-refractivity contribution in [2.45, 2.75) is 25.7 Å². The summed E-state index contributed by atoms with van der Waals surface area (Å²) in [6.45, 7) is 3.68. The Bertz CT molecular complexity index is 625. The number of nitrogens with zero attached hydrogens (tertiary/aromatic N) is 1. The van der Waals surface area contributed by atoms with Gasteiger partial charge in [0, 0.05) is 21.6 Å². The van der Waals surface area contributed by atoms with Gasteiger partial charge >= 0.3 is 0 Å². The molecule has 0 aliphatic carbocycles. The zero-order valence-corrected chi connectivity index (χ0v) is 13.4. The molecule has 2 rings (SSSR count). The van der Waals surface area contributed by atoms with Gasteiger partial charge in [0.1, 0.15) is 0 Å². The predicted molar refractivity (Wildman–Crippen MR) is 91.8 cm³/mol. The molecule has 0 saturated heterocycles. The molecule has 0 atom stereocenters. The number of anilines is 1. The van der Waals surface area contributed by atoms with E-state index in [0.717, 1.165) is 39.4 Å². The molecule has 1 aromatic carbocycles. The molecule has 104 valence electrons. The molecule has 1 amide bonds. The fraction of sp³-hybridized carbons (Fsp3) is 0.250. The summed E-state index contributed by atoms with van der Waals surface area (Å²) in [5, 5.41) is 4.03. The van der Waals surface area contributed by atoms with E-state index < -0.39 is 0 Å². The van der Waals surface area contributed by atoms with Gasteiger partial charge in [-0.1, -0.05) is 12.1 Å². The summed E-state index contributed by atoms with van der Waals surface area (Å²) in [5.41, 5.74) is 1.63. The molecule has 1 aromatic heterocycles. The van der Waals surface area contributed by atoms with Crippen molar-refractivity contribution < 1.29 is 4.79 Å². The van der Waals surface area contributed by atoms with E-state index in [1.807, 2.05) is 30.3 Å². The smallest absolute Gasteiger partial charge is 0.224 e. The van der Waals surface area contributed by atoms with Crippen LogP contribution in [0.4, 0.5) is 5.69 Å². The van der Waals surface area contributed by atoms with Crippen LogP contribution in [0.1, 0.15) is 25.7 Å². The van der Waals surface area contributed by atoms with E-state index in [4.69, 9.17) is 0 Å². The summed E-state index contributed by atoms with van der Waals surface area (Å²) < 4.78 is 1.13. The minimum absolute atomic E-state index is 0.0437. The Morgan fingerprint density at radius 2 is 2.20 bits per heavy atom. The lowest BCUT2D eigenvalue weighted by Gasteiger charge is -2.09. The molecule has 3 nitrogen and oxygen atoms in total. The van der Waals surface area contributed by atoms with Crippen LogP contribution in [0.2, 0.25) is 0 Å². The van der Waals surface area contributed by atoms with Crippen molar-refractivity contribution in [2.24, 2.45) is 0 Å². The number of pyridine rings is 1. The molecule has 0 aliphatic heterocycles. The minimum atomic E-state index is 0.0437. The number of carbonyl (C=O) groups is 1. The van der Waals surface area contributed by atoms with Gasteiger partial charge in [0.2, 0.25) is 5.91 Å². The summed E-state index contributed by atoms with van der Waals surface area (Å²) in [6.07, 6.45) is 7.01. The number of halogens is 1. The number of aromatic nitrogens is 1. The number of nitrogens with one attached hydrogen (secondary N) is 1. The molecule has 0 spiro atoms. The Morgan fingerprint density at radius 3 is 3.00 bits per heavy atom. The molecule has 0 aliphatic rings. The highest BCUT2D eigenvalue weighted by Crippen LogP contribution is 2.25. The highest BCUT2D eigenvalue weighted by molar-refractivity contribution is 14.1. The Hall–Kier alpha value is -1.43. The first-order valence-corrected chi connectivity index (χ1v) is 7.74. The van der Waals surface area contributed by atoms with Gasteiger partial charge in [0.15, 0.2) is 0 Å². The van der Waals surface area contributed by atoms with E-state index in [9.17, 15) is 4.79 Å². The molecule has 0 fully saturated rings. The highest BCUT2D eigenvalue weighted by atomic mass is 127. The lowest BCUT2D eigenvalue weighted by Crippen LogP contribution is -2.11.